The number of thiocarbonyl (C=S) groups is 1. The number of hydrogen-bond donors (Lipinski definition) is 3. The van der Waals surface area contributed by atoms with Gasteiger partial charge >= 0.3 is 0 Å². The molecule has 3 rings (SSSR count). The van der Waals surface area contributed by atoms with E-state index in [1.807, 2.05) is 54.6 Å². The van der Waals surface area contributed by atoms with Crippen molar-refractivity contribution in [2.24, 2.45) is 0 Å². The first-order valence-electron chi connectivity index (χ1n) is 10.00. The van der Waals surface area contributed by atoms with Crippen molar-refractivity contribution in [2.45, 2.75) is 32.8 Å². The van der Waals surface area contributed by atoms with Gasteiger partial charge in [-0.3, -0.25) is 25.8 Å². The second-order valence-electron chi connectivity index (χ2n) is 7.44. The van der Waals surface area contributed by atoms with Crippen LogP contribution in [0.5, 0.6) is 5.75 Å². The van der Waals surface area contributed by atoms with Gasteiger partial charge in [0.2, 0.25) is 0 Å². The van der Waals surface area contributed by atoms with Crippen LogP contribution in [0.2, 0.25) is 0 Å². The molecular formula is C24H25N3O3S. The molecule has 3 N–H and O–H groups in total. The average molecular weight is 436 g/mol. The molecule has 31 heavy (non-hydrogen) atoms. The van der Waals surface area contributed by atoms with Crippen LogP contribution in [0.25, 0.3) is 10.8 Å². The molecule has 1 atom stereocenters. The summed E-state index contributed by atoms with van der Waals surface area (Å²) in [5.74, 6) is 0.185. The third-order valence-electron chi connectivity index (χ3n) is 4.77. The van der Waals surface area contributed by atoms with E-state index >= 15 is 0 Å². The van der Waals surface area contributed by atoms with Gasteiger partial charge < -0.3 is 4.74 Å². The van der Waals surface area contributed by atoms with Gasteiger partial charge in [-0.1, -0.05) is 56.3 Å². The Hall–Kier alpha value is -3.45. The topological polar surface area (TPSA) is 79.5 Å². The van der Waals surface area contributed by atoms with Crippen molar-refractivity contribution in [1.82, 2.24) is 16.2 Å². The number of benzene rings is 3. The lowest BCUT2D eigenvalue weighted by Gasteiger charge is -2.16. The second-order valence-corrected chi connectivity index (χ2v) is 7.85. The first kappa shape index (κ1) is 22.2. The van der Waals surface area contributed by atoms with Crippen molar-refractivity contribution in [3.05, 3.63) is 77.9 Å². The monoisotopic (exact) mass is 435 g/mol. The van der Waals surface area contributed by atoms with Crippen molar-refractivity contribution in [3.8, 4) is 5.75 Å². The maximum absolute atomic E-state index is 12.3. The van der Waals surface area contributed by atoms with Crippen molar-refractivity contribution in [3.63, 3.8) is 0 Å². The maximum atomic E-state index is 12.3. The van der Waals surface area contributed by atoms with E-state index in [1.54, 1.807) is 19.1 Å². The van der Waals surface area contributed by atoms with Gasteiger partial charge in [-0.2, -0.15) is 0 Å². The molecule has 0 bridgehead atoms. The number of amides is 2. The third-order valence-corrected chi connectivity index (χ3v) is 4.97. The summed E-state index contributed by atoms with van der Waals surface area (Å²) in [7, 11) is 0. The molecule has 0 radical (unpaired) electrons. The normalized spacial score (nSPS) is 11.6. The molecule has 0 spiro atoms. The summed E-state index contributed by atoms with van der Waals surface area (Å²) in [5, 5.41) is 4.64. The van der Waals surface area contributed by atoms with Crippen molar-refractivity contribution < 1.29 is 14.3 Å². The molecule has 0 aliphatic carbocycles. The van der Waals surface area contributed by atoms with Crippen molar-refractivity contribution >= 4 is 39.9 Å². The zero-order chi connectivity index (χ0) is 22.4. The van der Waals surface area contributed by atoms with Crippen LogP contribution in [0, 0.1) is 0 Å². The van der Waals surface area contributed by atoms with Crippen LogP contribution >= 0.6 is 12.2 Å². The molecule has 6 nitrogen and oxygen atoms in total. The molecule has 2 amide bonds. The lowest BCUT2D eigenvalue weighted by atomic mass is 10.0. The third kappa shape index (κ3) is 6.02. The number of hydrogen-bond acceptors (Lipinski definition) is 4. The molecule has 3 aromatic rings. The van der Waals surface area contributed by atoms with E-state index in [4.69, 9.17) is 17.0 Å². The predicted molar refractivity (Wildman–Crippen MR) is 126 cm³/mol. The molecule has 0 fully saturated rings. The Kier molecular flexibility index (Phi) is 7.20. The molecule has 0 heterocycles. The van der Waals surface area contributed by atoms with Crippen LogP contribution in [-0.4, -0.2) is 23.0 Å². The minimum absolute atomic E-state index is 0.0100. The van der Waals surface area contributed by atoms with Gasteiger partial charge in [-0.15, -0.1) is 0 Å². The largest absolute Gasteiger partial charge is 0.481 e. The van der Waals surface area contributed by atoms with E-state index in [2.05, 4.69) is 30.0 Å². The molecule has 0 aromatic heterocycles. The number of carbonyl (C=O) groups is 2. The molecule has 1 unspecified atom stereocenters. The highest BCUT2D eigenvalue weighted by atomic mass is 32.1. The molecular weight excluding hydrogens is 410 g/mol. The fraction of sp³-hybridized carbons (Fsp3) is 0.208. The highest BCUT2D eigenvalue weighted by molar-refractivity contribution is 7.80. The molecule has 160 valence electrons. The number of fused-ring (bicyclic) bond motifs is 1. The summed E-state index contributed by atoms with van der Waals surface area (Å²) in [6, 6.07) is 20.8. The average Bonchev–Trinajstić information content (AvgIpc) is 2.77. The van der Waals surface area contributed by atoms with Crippen LogP contribution < -0.4 is 20.9 Å². The van der Waals surface area contributed by atoms with Crippen LogP contribution in [0.1, 0.15) is 42.6 Å². The van der Waals surface area contributed by atoms with Gasteiger partial charge in [0.25, 0.3) is 11.8 Å². The van der Waals surface area contributed by atoms with E-state index in [0.717, 1.165) is 16.3 Å². The standard InChI is InChI=1S/C24H25N3O3S/c1-15(2)17-8-10-19(11-9-17)23(29)25-24(31)27-26-22(28)16(3)30-21-13-12-18-6-4-5-7-20(18)14-21/h4-16H,1-3H3,(H,26,28)(H2,25,27,29,31). The Balaban J connectivity index is 1.48. The molecule has 0 aliphatic heterocycles. The summed E-state index contributed by atoms with van der Waals surface area (Å²) in [5.41, 5.74) is 6.60. The van der Waals surface area contributed by atoms with E-state index in [1.165, 1.54) is 0 Å². The van der Waals surface area contributed by atoms with E-state index in [-0.39, 0.29) is 11.0 Å². The number of rotatable bonds is 5. The molecule has 3 aromatic carbocycles. The van der Waals surface area contributed by atoms with Gasteiger partial charge in [0.1, 0.15) is 5.75 Å². The van der Waals surface area contributed by atoms with Gasteiger partial charge in [0, 0.05) is 5.56 Å². The molecule has 0 saturated carbocycles. The fourth-order valence-corrected chi connectivity index (χ4v) is 3.09. The van der Waals surface area contributed by atoms with Crippen molar-refractivity contribution in [1.29, 1.82) is 0 Å². The SMILES string of the molecule is CC(Oc1ccc2ccccc2c1)C(=O)NNC(=S)NC(=O)c1ccc(C(C)C)cc1. The highest BCUT2D eigenvalue weighted by Gasteiger charge is 2.16. The number of carbonyl (C=O) groups excluding carboxylic acids is 2. The number of ether oxygens (including phenoxy) is 1. The zero-order valence-electron chi connectivity index (χ0n) is 17.6. The van der Waals surface area contributed by atoms with Gasteiger partial charge in [-0.25, -0.2) is 0 Å². The minimum atomic E-state index is -0.768. The number of nitrogens with one attached hydrogen (secondary N) is 3. The lowest BCUT2D eigenvalue weighted by Crippen LogP contribution is -2.51. The summed E-state index contributed by atoms with van der Waals surface area (Å²) in [6.45, 7) is 5.80. The Morgan fingerprint density at radius 1 is 0.871 bits per heavy atom. The van der Waals surface area contributed by atoms with Gasteiger partial charge in [0.05, 0.1) is 0 Å². The lowest BCUT2D eigenvalue weighted by molar-refractivity contribution is -0.127. The van der Waals surface area contributed by atoms with Gasteiger partial charge in [-0.05, 0) is 65.7 Å². The van der Waals surface area contributed by atoms with E-state index < -0.39 is 12.0 Å². The zero-order valence-corrected chi connectivity index (χ0v) is 18.5. The fourth-order valence-electron chi connectivity index (χ4n) is 2.94. The molecule has 7 heteroatoms. The van der Waals surface area contributed by atoms with E-state index in [0.29, 0.717) is 17.2 Å². The first-order valence-corrected chi connectivity index (χ1v) is 10.4. The number of hydrazine groups is 1. The Morgan fingerprint density at radius 3 is 2.23 bits per heavy atom. The minimum Gasteiger partial charge on any atom is -0.481 e. The smallest absolute Gasteiger partial charge is 0.279 e. The van der Waals surface area contributed by atoms with E-state index in [9.17, 15) is 9.59 Å². The van der Waals surface area contributed by atoms with Crippen LogP contribution in [0.15, 0.2) is 66.7 Å². The highest BCUT2D eigenvalue weighted by Crippen LogP contribution is 2.21. The Labute approximate surface area is 187 Å². The summed E-state index contributed by atoms with van der Waals surface area (Å²) >= 11 is 5.09. The van der Waals surface area contributed by atoms with Gasteiger partial charge in [0.15, 0.2) is 11.2 Å². The second kappa shape index (κ2) is 10.0. The van der Waals surface area contributed by atoms with Crippen LogP contribution in [0.4, 0.5) is 0 Å². The molecule has 0 saturated heterocycles. The Bertz CT molecular complexity index is 1100. The quantitative estimate of drug-likeness (QED) is 0.416. The first-order chi connectivity index (χ1) is 14.8. The summed E-state index contributed by atoms with van der Waals surface area (Å²) in [6.07, 6.45) is -0.768. The predicted octanol–water partition coefficient (Wildman–Crippen LogP) is 4.07. The van der Waals surface area contributed by atoms with Crippen LogP contribution in [0.3, 0.4) is 0 Å². The Morgan fingerprint density at radius 2 is 1.55 bits per heavy atom. The maximum Gasteiger partial charge on any atom is 0.279 e. The van der Waals surface area contributed by atoms with Crippen molar-refractivity contribution in [2.75, 3.05) is 0 Å². The molecule has 0 aliphatic rings. The summed E-state index contributed by atoms with van der Waals surface area (Å²) in [4.78, 5) is 24.6. The summed E-state index contributed by atoms with van der Waals surface area (Å²) < 4.78 is 5.71. The van der Waals surface area contributed by atoms with Crippen LogP contribution in [-0.2, 0) is 4.79 Å².